The van der Waals surface area contributed by atoms with E-state index >= 15 is 0 Å². The SMILES string of the molecule is Cn1ccc(-c2ccc(-c3cnn4c(N(COCC[Si](C)(C)C)COCC[Si](C)(C)C)cc(C5CC6CCC(C5)N6C(=O)OC(C)(C)C)nc34)cn2)n1. The van der Waals surface area contributed by atoms with E-state index in [0.717, 1.165) is 77.4 Å². The minimum Gasteiger partial charge on any atom is -0.444 e. The molecule has 0 aromatic carbocycles. The monoisotopic (exact) mass is 760 g/mol. The van der Waals surface area contributed by atoms with Gasteiger partial charge in [0.15, 0.2) is 5.65 Å². The highest BCUT2D eigenvalue weighted by Gasteiger charge is 2.45. The summed E-state index contributed by atoms with van der Waals surface area (Å²) in [6.45, 7) is 22.2. The predicted molar refractivity (Wildman–Crippen MR) is 216 cm³/mol. The molecule has 0 saturated carbocycles. The lowest BCUT2D eigenvalue weighted by Crippen LogP contribution is -2.48. The average Bonchev–Trinajstić information content (AvgIpc) is 3.77. The average molecular weight is 761 g/mol. The molecule has 12 nitrogen and oxygen atoms in total. The molecule has 2 unspecified atom stereocenters. The van der Waals surface area contributed by atoms with E-state index < -0.39 is 21.7 Å². The molecule has 0 spiro atoms. The third kappa shape index (κ3) is 9.94. The third-order valence-electron chi connectivity index (χ3n) is 10.1. The number of aryl methyl sites for hydroxylation is 1. The largest absolute Gasteiger partial charge is 0.444 e. The molecule has 6 rings (SSSR count). The van der Waals surface area contributed by atoms with E-state index in [1.807, 2.05) is 68.0 Å². The first-order chi connectivity index (χ1) is 24.9. The van der Waals surface area contributed by atoms with Crippen molar-refractivity contribution in [3.05, 3.63) is 48.5 Å². The van der Waals surface area contributed by atoms with Crippen LogP contribution < -0.4 is 4.90 Å². The molecule has 2 aliphatic heterocycles. The Bertz CT molecular complexity index is 1820. The summed E-state index contributed by atoms with van der Waals surface area (Å²) in [5, 5.41) is 9.46. The van der Waals surface area contributed by atoms with Gasteiger partial charge < -0.3 is 24.0 Å². The van der Waals surface area contributed by atoms with Crippen molar-refractivity contribution in [2.45, 2.75) is 121 Å². The number of carbonyl (C=O) groups excluding carboxylic acids is 1. The zero-order chi connectivity index (χ0) is 38.1. The van der Waals surface area contributed by atoms with Crippen molar-refractivity contribution in [1.29, 1.82) is 0 Å². The molecular weight excluding hydrogens is 701 g/mol. The van der Waals surface area contributed by atoms with E-state index in [1.165, 1.54) is 0 Å². The Hall–Kier alpha value is -3.60. The Kier molecular flexibility index (Phi) is 11.5. The maximum absolute atomic E-state index is 13.3. The van der Waals surface area contributed by atoms with Crippen LogP contribution in [0.5, 0.6) is 0 Å². The van der Waals surface area contributed by atoms with Gasteiger partial charge in [0.25, 0.3) is 0 Å². The number of ether oxygens (including phenoxy) is 3. The molecular formula is C39H60N8O4Si2. The Morgan fingerprint density at radius 2 is 1.55 bits per heavy atom. The number of hydrogen-bond acceptors (Lipinski definition) is 9. The van der Waals surface area contributed by atoms with Crippen LogP contribution in [0.15, 0.2) is 42.9 Å². The number of nitrogens with zero attached hydrogens (tertiary/aromatic N) is 8. The Labute approximate surface area is 317 Å². The van der Waals surface area contributed by atoms with Crippen molar-refractivity contribution in [3.8, 4) is 22.5 Å². The molecule has 1 amide bonds. The van der Waals surface area contributed by atoms with E-state index in [2.05, 4.69) is 61.4 Å². The van der Waals surface area contributed by atoms with Gasteiger partial charge in [-0.3, -0.25) is 9.67 Å². The molecule has 53 heavy (non-hydrogen) atoms. The van der Waals surface area contributed by atoms with Gasteiger partial charge >= 0.3 is 6.09 Å². The molecule has 2 saturated heterocycles. The molecule has 0 radical (unpaired) electrons. The first-order valence-electron chi connectivity index (χ1n) is 19.2. The molecule has 2 atom stereocenters. The summed E-state index contributed by atoms with van der Waals surface area (Å²) in [6, 6.07) is 10.6. The van der Waals surface area contributed by atoms with Crippen LogP contribution in [0, 0.1) is 0 Å². The van der Waals surface area contributed by atoms with Crippen molar-refractivity contribution in [1.82, 2.24) is 34.3 Å². The van der Waals surface area contributed by atoms with E-state index in [4.69, 9.17) is 29.3 Å². The van der Waals surface area contributed by atoms with Crippen LogP contribution >= 0.6 is 0 Å². The van der Waals surface area contributed by atoms with Crippen LogP contribution in [0.4, 0.5) is 10.6 Å². The maximum Gasteiger partial charge on any atom is 0.410 e. The number of rotatable bonds is 14. The van der Waals surface area contributed by atoms with Crippen LogP contribution in [0.25, 0.3) is 28.2 Å². The summed E-state index contributed by atoms with van der Waals surface area (Å²) in [4.78, 5) is 27.6. The zero-order valence-corrected chi connectivity index (χ0v) is 35.6. The molecule has 0 N–H and O–H groups in total. The fraction of sp³-hybridized carbons (Fsp3) is 0.615. The smallest absolute Gasteiger partial charge is 0.410 e. The Morgan fingerprint density at radius 1 is 0.906 bits per heavy atom. The number of fused-ring (bicyclic) bond motifs is 3. The highest BCUT2D eigenvalue weighted by molar-refractivity contribution is 6.76. The van der Waals surface area contributed by atoms with Crippen LogP contribution in [0.1, 0.15) is 58.1 Å². The van der Waals surface area contributed by atoms with E-state index in [-0.39, 0.29) is 24.1 Å². The predicted octanol–water partition coefficient (Wildman–Crippen LogP) is 8.27. The minimum atomic E-state index is -1.27. The summed E-state index contributed by atoms with van der Waals surface area (Å²) in [6.07, 6.45) is 9.10. The zero-order valence-electron chi connectivity index (χ0n) is 33.6. The van der Waals surface area contributed by atoms with Gasteiger partial charge in [-0.2, -0.15) is 14.7 Å². The van der Waals surface area contributed by atoms with Gasteiger partial charge in [0.1, 0.15) is 30.6 Å². The van der Waals surface area contributed by atoms with Gasteiger partial charge in [-0.15, -0.1) is 0 Å². The van der Waals surface area contributed by atoms with Crippen molar-refractivity contribution >= 4 is 33.7 Å². The van der Waals surface area contributed by atoms with Crippen LogP contribution in [0.3, 0.4) is 0 Å². The molecule has 2 bridgehead atoms. The fourth-order valence-corrected chi connectivity index (χ4v) is 8.68. The normalized spacial score (nSPS) is 19.3. The van der Waals surface area contributed by atoms with Gasteiger partial charge in [0, 0.05) is 89.7 Å². The molecule has 288 valence electrons. The molecule has 2 aliphatic rings. The van der Waals surface area contributed by atoms with Crippen molar-refractivity contribution in [2.24, 2.45) is 7.05 Å². The lowest BCUT2D eigenvalue weighted by atomic mass is 9.88. The molecule has 4 aromatic rings. The number of piperidine rings is 1. The number of anilines is 1. The van der Waals surface area contributed by atoms with Crippen molar-refractivity contribution in [2.75, 3.05) is 31.6 Å². The summed E-state index contributed by atoms with van der Waals surface area (Å²) >= 11 is 0. The van der Waals surface area contributed by atoms with Gasteiger partial charge in [-0.25, -0.2) is 9.78 Å². The standard InChI is InChI=1S/C39H60N8O4Si2/c1-39(2,3)51-38(48)46-30-12-13-31(46)22-29(21-30)35-23-36(45(26-49-17-19-52(5,6)7)27-50-18-20-53(8,9)10)47-37(42-35)32(25-41-47)28-11-14-33(40-24-28)34-15-16-44(4)43-34/h11,14-16,23-25,29-31H,12-13,17-22,26-27H2,1-10H3. The van der Waals surface area contributed by atoms with E-state index in [1.54, 1.807) is 4.68 Å². The first kappa shape index (κ1) is 39.1. The number of carbonyl (C=O) groups is 1. The number of pyridine rings is 1. The van der Waals surface area contributed by atoms with E-state index in [0.29, 0.717) is 26.7 Å². The topological polar surface area (TPSA) is 112 Å². The van der Waals surface area contributed by atoms with Crippen LogP contribution in [-0.4, -0.2) is 101 Å². The molecule has 0 aliphatic carbocycles. The lowest BCUT2D eigenvalue weighted by molar-refractivity contribution is 0.00569. The Morgan fingerprint density at radius 3 is 2.08 bits per heavy atom. The lowest BCUT2D eigenvalue weighted by Gasteiger charge is -2.39. The van der Waals surface area contributed by atoms with Gasteiger partial charge in [-0.1, -0.05) is 45.3 Å². The highest BCUT2D eigenvalue weighted by Crippen LogP contribution is 2.44. The number of amides is 1. The van der Waals surface area contributed by atoms with Crippen molar-refractivity contribution in [3.63, 3.8) is 0 Å². The van der Waals surface area contributed by atoms with Crippen molar-refractivity contribution < 1.29 is 19.0 Å². The third-order valence-corrected chi connectivity index (χ3v) is 13.5. The van der Waals surface area contributed by atoms with Gasteiger partial charge in [-0.05, 0) is 70.7 Å². The molecule has 2 fully saturated rings. The molecule has 14 heteroatoms. The molecule has 4 aromatic heterocycles. The second-order valence-corrected chi connectivity index (χ2v) is 29.6. The minimum absolute atomic E-state index is 0.119. The number of hydrogen-bond donors (Lipinski definition) is 0. The second-order valence-electron chi connectivity index (χ2n) is 18.3. The summed E-state index contributed by atoms with van der Waals surface area (Å²) in [5.41, 5.74) is 4.71. The highest BCUT2D eigenvalue weighted by atomic mass is 28.3. The van der Waals surface area contributed by atoms with Crippen LogP contribution in [0.2, 0.25) is 51.4 Å². The van der Waals surface area contributed by atoms with Gasteiger partial charge in [0.2, 0.25) is 0 Å². The van der Waals surface area contributed by atoms with Gasteiger partial charge in [0.05, 0.1) is 11.9 Å². The maximum atomic E-state index is 13.3. The Balaban J connectivity index is 1.36. The molecule has 6 heterocycles. The summed E-state index contributed by atoms with van der Waals surface area (Å²) in [7, 11) is -0.644. The summed E-state index contributed by atoms with van der Waals surface area (Å²) < 4.78 is 22.3. The van der Waals surface area contributed by atoms with E-state index in [9.17, 15) is 4.79 Å². The summed E-state index contributed by atoms with van der Waals surface area (Å²) in [5.74, 6) is 1.06. The quantitative estimate of drug-likeness (QED) is 0.0713. The first-order valence-corrected chi connectivity index (χ1v) is 26.6. The number of aromatic nitrogens is 6. The van der Waals surface area contributed by atoms with Crippen LogP contribution in [-0.2, 0) is 21.3 Å². The second kappa shape index (κ2) is 15.6. The fourth-order valence-electron chi connectivity index (χ4n) is 7.17.